The molecule has 1 N–H and O–H groups in total. The second-order valence-corrected chi connectivity index (χ2v) is 8.88. The molecule has 2 aromatic rings. The van der Waals surface area contributed by atoms with Crippen LogP contribution in [-0.4, -0.2) is 30.4 Å². The molecule has 5 heteroatoms. The van der Waals surface area contributed by atoms with E-state index in [0.29, 0.717) is 6.54 Å². The zero-order valence-electron chi connectivity index (χ0n) is 15.5. The molecule has 2 aromatic heterocycles. The highest BCUT2D eigenvalue weighted by Crippen LogP contribution is 2.32. The van der Waals surface area contributed by atoms with Crippen LogP contribution < -0.4 is 5.32 Å². The predicted octanol–water partition coefficient (Wildman–Crippen LogP) is 4.42. The highest BCUT2D eigenvalue weighted by molar-refractivity contribution is 7.14. The van der Waals surface area contributed by atoms with E-state index >= 15 is 0 Å². The van der Waals surface area contributed by atoms with Gasteiger partial charge in [-0.05, 0) is 74.9 Å². The summed E-state index contributed by atoms with van der Waals surface area (Å²) in [5.41, 5.74) is 1.39. The summed E-state index contributed by atoms with van der Waals surface area (Å²) >= 11 is 1.68. The highest BCUT2D eigenvalue weighted by atomic mass is 32.1. The van der Waals surface area contributed by atoms with Gasteiger partial charge in [0.25, 0.3) is 5.91 Å². The molecule has 26 heavy (non-hydrogen) atoms. The van der Waals surface area contributed by atoms with Crippen molar-refractivity contribution in [2.75, 3.05) is 19.6 Å². The third-order valence-corrected chi connectivity index (χ3v) is 6.95. The van der Waals surface area contributed by atoms with Crippen molar-refractivity contribution in [3.63, 3.8) is 0 Å². The lowest BCUT2D eigenvalue weighted by molar-refractivity contribution is 0.0918. The first kappa shape index (κ1) is 17.8. The molecule has 0 unspecified atom stereocenters. The van der Waals surface area contributed by atoms with Crippen molar-refractivity contribution >= 4 is 17.2 Å². The van der Waals surface area contributed by atoms with Crippen LogP contribution in [0.5, 0.6) is 0 Å². The van der Waals surface area contributed by atoms with Crippen molar-refractivity contribution in [3.8, 4) is 0 Å². The largest absolute Gasteiger partial charge is 0.468 e. The summed E-state index contributed by atoms with van der Waals surface area (Å²) in [6.45, 7) is 5.05. The van der Waals surface area contributed by atoms with Crippen LogP contribution in [0.2, 0.25) is 0 Å². The minimum atomic E-state index is 0.0608. The van der Waals surface area contributed by atoms with E-state index < -0.39 is 0 Å². The third-order valence-electron chi connectivity index (χ3n) is 5.71. The Kier molecular flexibility index (Phi) is 5.46. The minimum absolute atomic E-state index is 0.0608. The molecular weight excluding hydrogens is 344 g/mol. The van der Waals surface area contributed by atoms with Gasteiger partial charge in [0.2, 0.25) is 0 Å². The van der Waals surface area contributed by atoms with Crippen LogP contribution in [-0.2, 0) is 12.8 Å². The lowest BCUT2D eigenvalue weighted by Gasteiger charge is -2.33. The smallest absolute Gasteiger partial charge is 0.261 e. The maximum absolute atomic E-state index is 12.8. The van der Waals surface area contributed by atoms with Gasteiger partial charge in [0.1, 0.15) is 5.76 Å². The molecule has 1 fully saturated rings. The lowest BCUT2D eigenvalue weighted by Crippen LogP contribution is -2.40. The molecule has 4 rings (SSSR count). The average molecular weight is 373 g/mol. The molecule has 1 saturated heterocycles. The molecule has 1 aliphatic heterocycles. The van der Waals surface area contributed by atoms with Crippen LogP contribution in [0.4, 0.5) is 0 Å². The first-order valence-electron chi connectivity index (χ1n) is 9.88. The molecular formula is C21H28N2O2S. The van der Waals surface area contributed by atoms with E-state index in [0.717, 1.165) is 42.5 Å². The molecule has 4 nitrogen and oxygen atoms in total. The summed E-state index contributed by atoms with van der Waals surface area (Å²) < 4.78 is 5.67. The molecule has 0 saturated carbocycles. The maximum Gasteiger partial charge on any atom is 0.261 e. The van der Waals surface area contributed by atoms with Gasteiger partial charge in [0, 0.05) is 11.4 Å². The van der Waals surface area contributed by atoms with Crippen molar-refractivity contribution in [1.29, 1.82) is 0 Å². The summed E-state index contributed by atoms with van der Waals surface area (Å²) in [7, 11) is 0. The number of likely N-dealkylation sites (tertiary alicyclic amines) is 1. The second-order valence-electron chi connectivity index (χ2n) is 7.74. The van der Waals surface area contributed by atoms with Crippen molar-refractivity contribution < 1.29 is 9.21 Å². The number of amides is 1. The Balaban J connectivity index is 1.43. The Morgan fingerprint density at radius 2 is 2.23 bits per heavy atom. The monoisotopic (exact) mass is 372 g/mol. The number of thiophene rings is 1. The Labute approximate surface area is 159 Å². The number of fused-ring (bicyclic) bond motifs is 1. The van der Waals surface area contributed by atoms with Crippen LogP contribution >= 0.6 is 11.3 Å². The number of hydrogen-bond acceptors (Lipinski definition) is 4. The van der Waals surface area contributed by atoms with Crippen molar-refractivity contribution in [1.82, 2.24) is 10.2 Å². The Morgan fingerprint density at radius 1 is 1.38 bits per heavy atom. The standard InChI is InChI=1S/C21H28N2O2S/c1-15-7-8-19-16(12-15)13-20(26-19)21(24)22-14-17(18-6-5-11-25-18)23-9-3-2-4-10-23/h5-6,11,13,15,17H,2-4,7-10,12,14H2,1H3,(H,22,24)/t15-,17-/m1/s1. The minimum Gasteiger partial charge on any atom is -0.468 e. The number of hydrogen-bond donors (Lipinski definition) is 1. The third kappa shape index (κ3) is 3.89. The highest BCUT2D eigenvalue weighted by Gasteiger charge is 2.26. The van der Waals surface area contributed by atoms with E-state index in [1.54, 1.807) is 17.6 Å². The SMILES string of the molecule is C[C@@H]1CCc2sc(C(=O)NC[C@H](c3ccco3)N3CCCCC3)cc2C1. The summed E-state index contributed by atoms with van der Waals surface area (Å²) in [6, 6.07) is 6.21. The van der Waals surface area contributed by atoms with Crippen molar-refractivity contribution in [2.24, 2.45) is 5.92 Å². The molecule has 1 amide bonds. The second kappa shape index (κ2) is 7.97. The van der Waals surface area contributed by atoms with Gasteiger partial charge in [-0.25, -0.2) is 0 Å². The van der Waals surface area contributed by atoms with Gasteiger partial charge in [-0.15, -0.1) is 11.3 Å². The van der Waals surface area contributed by atoms with Gasteiger partial charge in [0.15, 0.2) is 0 Å². The fourth-order valence-corrected chi connectivity index (χ4v) is 5.34. The quantitative estimate of drug-likeness (QED) is 0.845. The van der Waals surface area contributed by atoms with Gasteiger partial charge in [-0.2, -0.15) is 0 Å². The molecule has 3 heterocycles. The number of rotatable bonds is 5. The molecule has 0 spiro atoms. The zero-order chi connectivity index (χ0) is 17.9. The van der Waals surface area contributed by atoms with E-state index in [-0.39, 0.29) is 11.9 Å². The Hall–Kier alpha value is -1.59. The normalized spacial score (nSPS) is 22.0. The van der Waals surface area contributed by atoms with Gasteiger partial charge in [0.05, 0.1) is 17.2 Å². The average Bonchev–Trinajstić information content (AvgIpc) is 3.32. The first-order chi connectivity index (χ1) is 12.7. The fraction of sp³-hybridized carbons (Fsp3) is 0.571. The Morgan fingerprint density at radius 3 is 3.00 bits per heavy atom. The molecule has 0 radical (unpaired) electrons. The summed E-state index contributed by atoms with van der Waals surface area (Å²) in [5.74, 6) is 1.74. The molecule has 1 aliphatic carbocycles. The number of piperidine rings is 1. The van der Waals surface area contributed by atoms with Crippen LogP contribution in [0.1, 0.15) is 64.5 Å². The maximum atomic E-state index is 12.8. The zero-order valence-corrected chi connectivity index (χ0v) is 16.3. The van der Waals surface area contributed by atoms with Gasteiger partial charge in [-0.1, -0.05) is 13.3 Å². The van der Waals surface area contributed by atoms with Crippen LogP contribution in [0.25, 0.3) is 0 Å². The Bertz CT molecular complexity index is 731. The molecule has 0 aromatic carbocycles. The van der Waals surface area contributed by atoms with Gasteiger partial charge < -0.3 is 9.73 Å². The van der Waals surface area contributed by atoms with E-state index in [1.165, 1.54) is 36.1 Å². The van der Waals surface area contributed by atoms with Crippen LogP contribution in [0.15, 0.2) is 28.9 Å². The summed E-state index contributed by atoms with van der Waals surface area (Å²) in [5, 5.41) is 3.17. The van der Waals surface area contributed by atoms with E-state index in [4.69, 9.17) is 4.42 Å². The number of aryl methyl sites for hydroxylation is 1. The van der Waals surface area contributed by atoms with Crippen LogP contribution in [0.3, 0.4) is 0 Å². The topological polar surface area (TPSA) is 45.5 Å². The molecule has 2 atom stereocenters. The van der Waals surface area contributed by atoms with Crippen molar-refractivity contribution in [2.45, 2.75) is 51.5 Å². The van der Waals surface area contributed by atoms with E-state index in [1.807, 2.05) is 12.1 Å². The van der Waals surface area contributed by atoms with Gasteiger partial charge in [-0.3, -0.25) is 9.69 Å². The number of nitrogens with zero attached hydrogens (tertiary/aromatic N) is 1. The fourth-order valence-electron chi connectivity index (χ4n) is 4.21. The molecule has 2 aliphatic rings. The van der Waals surface area contributed by atoms with Crippen LogP contribution in [0, 0.1) is 5.92 Å². The van der Waals surface area contributed by atoms with Gasteiger partial charge >= 0.3 is 0 Å². The first-order valence-corrected chi connectivity index (χ1v) is 10.7. The molecule has 0 bridgehead atoms. The number of furan rings is 1. The van der Waals surface area contributed by atoms with Crippen molar-refractivity contribution in [3.05, 3.63) is 45.5 Å². The number of nitrogens with one attached hydrogen (secondary N) is 1. The summed E-state index contributed by atoms with van der Waals surface area (Å²) in [4.78, 5) is 17.5. The lowest BCUT2D eigenvalue weighted by atomic mass is 9.90. The van der Waals surface area contributed by atoms with E-state index in [9.17, 15) is 4.79 Å². The molecule has 140 valence electrons. The number of carbonyl (C=O) groups excluding carboxylic acids is 1. The summed E-state index contributed by atoms with van der Waals surface area (Å²) in [6.07, 6.45) is 8.95. The predicted molar refractivity (Wildman–Crippen MR) is 105 cm³/mol. The van der Waals surface area contributed by atoms with E-state index in [2.05, 4.69) is 23.2 Å². The number of carbonyl (C=O) groups is 1.